The Hall–Kier alpha value is -2.41. The highest BCUT2D eigenvalue weighted by molar-refractivity contribution is 7.49. The lowest BCUT2D eigenvalue weighted by Crippen LogP contribution is -2.52. The number of aromatic amines is 1. The van der Waals surface area contributed by atoms with Crippen LogP contribution in [0.15, 0.2) is 46.1 Å². The van der Waals surface area contributed by atoms with Crippen LogP contribution < -0.4 is 15.8 Å². The normalized spacial score (nSPS) is 32.6. The molecule has 0 radical (unpaired) electrons. The Morgan fingerprint density at radius 2 is 2.03 bits per heavy atom. The topological polar surface area (TPSA) is 149 Å². The first-order valence-corrected chi connectivity index (χ1v) is 10.4. The smallest absolute Gasteiger partial charge is 0.404 e. The molecule has 2 aliphatic rings. The number of alkyl halides is 2. The zero-order chi connectivity index (χ0) is 22.4. The number of ether oxygens (including phenoxy) is 1. The second kappa shape index (κ2) is 7.93. The highest BCUT2D eigenvalue weighted by Gasteiger charge is 2.61. The van der Waals surface area contributed by atoms with Gasteiger partial charge in [0.2, 0.25) is 0 Å². The Balaban J connectivity index is 1.58. The summed E-state index contributed by atoms with van der Waals surface area (Å²) in [5.41, 5.74) is -4.13. The molecule has 2 aliphatic heterocycles. The molecule has 1 unspecified atom stereocenters. The summed E-state index contributed by atoms with van der Waals surface area (Å²) in [5.74, 6) is 0.175. The third-order valence-electron chi connectivity index (χ3n) is 4.96. The molecule has 1 fully saturated rings. The van der Waals surface area contributed by atoms with E-state index in [-0.39, 0.29) is 12.4 Å². The van der Waals surface area contributed by atoms with Crippen LogP contribution in [-0.4, -0.2) is 50.6 Å². The maximum Gasteiger partial charge on any atom is 0.530 e. The van der Waals surface area contributed by atoms with Crippen molar-refractivity contribution in [3.8, 4) is 5.75 Å². The minimum absolute atomic E-state index is 0.170. The Bertz CT molecular complexity index is 1140. The molecule has 14 heteroatoms. The second-order valence-electron chi connectivity index (χ2n) is 6.91. The van der Waals surface area contributed by atoms with Gasteiger partial charge in [0.05, 0.1) is 13.2 Å². The average molecular weight is 462 g/mol. The number of aliphatic hydroxyl groups is 2. The number of hydrogen-bond donors (Lipinski definition) is 3. The number of benzene rings is 1. The van der Waals surface area contributed by atoms with Crippen molar-refractivity contribution in [2.45, 2.75) is 37.1 Å². The van der Waals surface area contributed by atoms with Gasteiger partial charge >= 0.3 is 13.5 Å². The summed E-state index contributed by atoms with van der Waals surface area (Å²) in [6.07, 6.45) is -8.57. The van der Waals surface area contributed by atoms with E-state index in [4.69, 9.17) is 18.3 Å². The lowest BCUT2D eigenvalue weighted by molar-refractivity contribution is -0.194. The van der Waals surface area contributed by atoms with Crippen molar-refractivity contribution in [1.82, 2.24) is 9.55 Å². The molecule has 0 amide bonds. The number of nitrogens with one attached hydrogen (secondary N) is 1. The Morgan fingerprint density at radius 3 is 2.74 bits per heavy atom. The third-order valence-corrected chi connectivity index (χ3v) is 6.27. The van der Waals surface area contributed by atoms with Crippen molar-refractivity contribution in [2.75, 3.05) is 6.61 Å². The lowest BCUT2D eigenvalue weighted by Gasteiger charge is -2.32. The molecule has 1 aromatic heterocycles. The summed E-state index contributed by atoms with van der Waals surface area (Å²) in [6, 6.07) is 7.33. The van der Waals surface area contributed by atoms with Crippen molar-refractivity contribution in [2.24, 2.45) is 0 Å². The summed E-state index contributed by atoms with van der Waals surface area (Å²) < 4.78 is 61.8. The number of H-pyrrole nitrogens is 1. The maximum atomic E-state index is 14.0. The van der Waals surface area contributed by atoms with Crippen LogP contribution in [0.1, 0.15) is 11.8 Å². The van der Waals surface area contributed by atoms with Crippen molar-refractivity contribution in [3.63, 3.8) is 0 Å². The number of aliphatic hydroxyl groups excluding tert-OH is 2. The fourth-order valence-corrected chi connectivity index (χ4v) is 4.53. The number of nitrogens with zero attached hydrogens (tertiary/aromatic N) is 1. The van der Waals surface area contributed by atoms with E-state index >= 15 is 0 Å². The molecule has 4 rings (SSSR count). The minimum atomic E-state index is -4.36. The zero-order valence-electron chi connectivity index (χ0n) is 15.6. The predicted molar refractivity (Wildman–Crippen MR) is 97.6 cm³/mol. The van der Waals surface area contributed by atoms with Gasteiger partial charge in [-0.1, -0.05) is 18.2 Å². The number of fused-ring (bicyclic) bond motifs is 1. The molecular weight excluding hydrogens is 445 g/mol. The first-order chi connectivity index (χ1) is 14.7. The molecule has 3 heterocycles. The van der Waals surface area contributed by atoms with Crippen molar-refractivity contribution >= 4 is 7.82 Å². The van der Waals surface area contributed by atoms with Crippen molar-refractivity contribution < 1.29 is 41.9 Å². The Kier molecular flexibility index (Phi) is 5.58. The van der Waals surface area contributed by atoms with Crippen LogP contribution in [0.3, 0.4) is 0 Å². The molecule has 0 aliphatic carbocycles. The van der Waals surface area contributed by atoms with Crippen LogP contribution in [0.5, 0.6) is 5.75 Å². The highest BCUT2D eigenvalue weighted by atomic mass is 31.2. The van der Waals surface area contributed by atoms with Gasteiger partial charge in [-0.2, -0.15) is 0 Å². The molecule has 5 atom stereocenters. The van der Waals surface area contributed by atoms with Crippen LogP contribution in [-0.2, 0) is 25.0 Å². The molecule has 1 aromatic carbocycles. The number of phosphoric acid groups is 1. The van der Waals surface area contributed by atoms with E-state index in [9.17, 15) is 33.1 Å². The number of aromatic nitrogens is 2. The molecule has 11 nitrogen and oxygen atoms in total. The second-order valence-corrected chi connectivity index (χ2v) is 8.50. The first kappa shape index (κ1) is 21.8. The molecule has 168 valence electrons. The van der Waals surface area contributed by atoms with E-state index in [1.165, 1.54) is 6.07 Å². The van der Waals surface area contributed by atoms with Gasteiger partial charge in [-0.3, -0.25) is 23.4 Å². The summed E-state index contributed by atoms with van der Waals surface area (Å²) >= 11 is 0. The Labute approximate surface area is 172 Å². The molecule has 3 N–H and O–H groups in total. The molecule has 0 spiro atoms. The van der Waals surface area contributed by atoms with Crippen LogP contribution in [0.4, 0.5) is 8.78 Å². The van der Waals surface area contributed by atoms with Gasteiger partial charge in [-0.15, -0.1) is 0 Å². The molecular formula is C17H17F2N2O9P. The van der Waals surface area contributed by atoms with Crippen molar-refractivity contribution in [3.05, 3.63) is 62.9 Å². The fraction of sp³-hybridized carbons (Fsp3) is 0.412. The van der Waals surface area contributed by atoms with Crippen LogP contribution >= 0.6 is 7.82 Å². The van der Waals surface area contributed by atoms with Gasteiger partial charge in [0, 0.05) is 17.8 Å². The highest BCUT2D eigenvalue weighted by Crippen LogP contribution is 2.56. The van der Waals surface area contributed by atoms with E-state index in [0.29, 0.717) is 10.1 Å². The monoisotopic (exact) mass is 462 g/mol. The maximum absolute atomic E-state index is 14.0. The molecule has 31 heavy (non-hydrogen) atoms. The number of halogens is 2. The predicted octanol–water partition coefficient (Wildman–Crippen LogP) is 0.525. The lowest BCUT2D eigenvalue weighted by atomic mass is 9.96. The van der Waals surface area contributed by atoms with Gasteiger partial charge in [0.1, 0.15) is 18.0 Å². The van der Waals surface area contributed by atoms with Crippen molar-refractivity contribution in [1.29, 1.82) is 0 Å². The van der Waals surface area contributed by atoms with Crippen LogP contribution in [0, 0.1) is 0 Å². The first-order valence-electron chi connectivity index (χ1n) is 8.95. The third kappa shape index (κ3) is 3.84. The fourth-order valence-electron chi connectivity index (χ4n) is 3.27. The van der Waals surface area contributed by atoms with Crippen LogP contribution in [0.25, 0.3) is 0 Å². The van der Waals surface area contributed by atoms with E-state index < -0.39 is 56.1 Å². The summed E-state index contributed by atoms with van der Waals surface area (Å²) in [7, 11) is -4.36. The SMILES string of the molecule is O=c1ccn([C@@H]2O[C@@](COP3(=O)OCc4ccccc4O3)(C(F)F)[C@@H](O)[C@@H]2O)c(=O)[nH]1. The Morgan fingerprint density at radius 1 is 1.29 bits per heavy atom. The quantitative estimate of drug-likeness (QED) is 0.541. The largest absolute Gasteiger partial charge is 0.530 e. The van der Waals surface area contributed by atoms with Gasteiger partial charge in [-0.25, -0.2) is 18.1 Å². The van der Waals surface area contributed by atoms with E-state index in [1.807, 2.05) is 4.98 Å². The average Bonchev–Trinajstić information content (AvgIpc) is 2.98. The molecule has 0 saturated carbocycles. The molecule has 2 aromatic rings. The zero-order valence-corrected chi connectivity index (χ0v) is 16.5. The van der Waals surface area contributed by atoms with E-state index in [0.717, 1.165) is 12.3 Å². The number of para-hydroxylation sites is 1. The van der Waals surface area contributed by atoms with Gasteiger partial charge < -0.3 is 19.5 Å². The number of hydrogen-bond acceptors (Lipinski definition) is 9. The molecule has 0 bridgehead atoms. The minimum Gasteiger partial charge on any atom is -0.404 e. The molecule has 1 saturated heterocycles. The van der Waals surface area contributed by atoms with Gasteiger partial charge in [-0.05, 0) is 6.07 Å². The van der Waals surface area contributed by atoms with E-state index in [1.54, 1.807) is 18.2 Å². The standard InChI is InChI=1S/C17H17F2N2O9P/c18-15(19)17(8-28-31(26)27-7-9-3-1-2-4-10(9)30-31)13(24)12(23)14(29-17)21-6-5-11(22)20-16(21)25/h1-6,12-15,23-24H,7-8H2,(H,20,22,25)/t12-,13-,14+,17+,31?/m0/s1. The van der Waals surface area contributed by atoms with E-state index in [2.05, 4.69) is 0 Å². The number of rotatable bonds is 5. The summed E-state index contributed by atoms with van der Waals surface area (Å²) in [4.78, 5) is 25.1. The summed E-state index contributed by atoms with van der Waals surface area (Å²) in [6.45, 7) is -1.37. The van der Waals surface area contributed by atoms with Gasteiger partial charge in [0.15, 0.2) is 11.8 Å². The van der Waals surface area contributed by atoms with Gasteiger partial charge in [0.25, 0.3) is 12.0 Å². The summed E-state index contributed by atoms with van der Waals surface area (Å²) in [5, 5.41) is 20.6. The van der Waals surface area contributed by atoms with Crippen LogP contribution in [0.2, 0.25) is 0 Å². The number of phosphoric ester groups is 1.